The van der Waals surface area contributed by atoms with Crippen molar-refractivity contribution in [2.45, 2.75) is 17.6 Å². The molecule has 1 aromatic rings. The first-order valence-corrected chi connectivity index (χ1v) is 5.91. The average Bonchev–Trinajstić information content (AvgIpc) is 2.84. The molecule has 0 radical (unpaired) electrons. The van der Waals surface area contributed by atoms with Gasteiger partial charge < -0.3 is 0 Å². The van der Waals surface area contributed by atoms with Gasteiger partial charge in [-0.05, 0) is 18.9 Å². The number of rotatable bonds is 2. The molecule has 2 rings (SSSR count). The van der Waals surface area contributed by atoms with Gasteiger partial charge in [-0.25, -0.2) is 18.4 Å². The second-order valence-corrected chi connectivity index (χ2v) is 5.69. The van der Waals surface area contributed by atoms with Crippen molar-refractivity contribution in [1.29, 1.82) is 0 Å². The molecule has 0 N–H and O–H groups in total. The minimum atomic E-state index is -3.03. The highest BCUT2D eigenvalue weighted by molar-refractivity contribution is 7.91. The van der Waals surface area contributed by atoms with Gasteiger partial charge in [-0.3, -0.25) is 0 Å². The first kappa shape index (κ1) is 8.62. The molecule has 1 fully saturated rings. The smallest absolute Gasteiger partial charge is 0.158 e. The molecular formula is C8H10N2O2S. The normalized spacial score (nSPS) is 19.8. The van der Waals surface area contributed by atoms with E-state index in [4.69, 9.17) is 0 Å². The maximum absolute atomic E-state index is 11.5. The predicted octanol–water partition coefficient (Wildman–Crippen LogP) is 0.510. The molecule has 5 heteroatoms. The zero-order valence-corrected chi connectivity index (χ0v) is 8.08. The van der Waals surface area contributed by atoms with Gasteiger partial charge in [0.15, 0.2) is 9.84 Å². The standard InChI is InChI=1S/C8H10N2O2S/c1-13(11,12)8(3-4-8)7-2-5-9-6-10-7/h2,5-6H,3-4H2,1H3. The van der Waals surface area contributed by atoms with Crippen LogP contribution < -0.4 is 0 Å². The Hall–Kier alpha value is -0.970. The summed E-state index contributed by atoms with van der Waals surface area (Å²) in [5, 5.41) is 0. The van der Waals surface area contributed by atoms with Crippen molar-refractivity contribution in [2.75, 3.05) is 6.26 Å². The second kappa shape index (κ2) is 2.51. The molecule has 70 valence electrons. The van der Waals surface area contributed by atoms with E-state index in [9.17, 15) is 8.42 Å². The van der Waals surface area contributed by atoms with Crippen molar-refractivity contribution in [1.82, 2.24) is 9.97 Å². The van der Waals surface area contributed by atoms with E-state index in [1.807, 2.05) is 0 Å². The van der Waals surface area contributed by atoms with Crippen LogP contribution in [0.5, 0.6) is 0 Å². The highest BCUT2D eigenvalue weighted by Crippen LogP contribution is 2.51. The van der Waals surface area contributed by atoms with Gasteiger partial charge in [0, 0.05) is 12.5 Å². The maximum atomic E-state index is 11.5. The molecule has 0 atom stereocenters. The van der Waals surface area contributed by atoms with E-state index in [1.165, 1.54) is 12.6 Å². The molecular weight excluding hydrogens is 188 g/mol. The van der Waals surface area contributed by atoms with E-state index in [-0.39, 0.29) is 0 Å². The van der Waals surface area contributed by atoms with Crippen molar-refractivity contribution in [3.05, 3.63) is 24.3 Å². The number of sulfone groups is 1. The molecule has 1 saturated carbocycles. The first-order valence-electron chi connectivity index (χ1n) is 4.02. The van der Waals surface area contributed by atoms with Gasteiger partial charge >= 0.3 is 0 Å². The Balaban J connectivity index is 2.49. The molecule has 13 heavy (non-hydrogen) atoms. The van der Waals surface area contributed by atoms with Gasteiger partial charge in [0.05, 0.1) is 5.69 Å². The second-order valence-electron chi connectivity index (χ2n) is 3.36. The molecule has 1 aliphatic carbocycles. The Morgan fingerprint density at radius 3 is 2.54 bits per heavy atom. The Bertz CT molecular complexity index is 409. The fraction of sp³-hybridized carbons (Fsp3) is 0.500. The van der Waals surface area contributed by atoms with Crippen LogP contribution in [-0.4, -0.2) is 24.6 Å². The lowest BCUT2D eigenvalue weighted by molar-refractivity contribution is 0.584. The van der Waals surface area contributed by atoms with Crippen LogP contribution in [0.3, 0.4) is 0 Å². The van der Waals surface area contributed by atoms with Gasteiger partial charge in [0.2, 0.25) is 0 Å². The summed E-state index contributed by atoms with van der Waals surface area (Å²) in [5.41, 5.74) is 0.630. The molecule has 4 nitrogen and oxygen atoms in total. The summed E-state index contributed by atoms with van der Waals surface area (Å²) in [7, 11) is -3.03. The van der Waals surface area contributed by atoms with Crippen molar-refractivity contribution >= 4 is 9.84 Å². The molecule has 1 aromatic heterocycles. The van der Waals surface area contributed by atoms with Crippen LogP contribution in [0.25, 0.3) is 0 Å². The zero-order chi connectivity index (χ0) is 9.53. The molecule has 1 heterocycles. The summed E-state index contributed by atoms with van der Waals surface area (Å²) in [6, 6.07) is 1.67. The summed E-state index contributed by atoms with van der Waals surface area (Å²) >= 11 is 0. The van der Waals surface area contributed by atoms with E-state index < -0.39 is 14.6 Å². The lowest BCUT2D eigenvalue weighted by atomic mass is 10.3. The summed E-state index contributed by atoms with van der Waals surface area (Å²) in [4.78, 5) is 7.75. The number of nitrogens with zero attached hydrogens (tertiary/aromatic N) is 2. The van der Waals surface area contributed by atoms with E-state index in [2.05, 4.69) is 9.97 Å². The average molecular weight is 198 g/mol. The van der Waals surface area contributed by atoms with Crippen molar-refractivity contribution in [3.8, 4) is 0 Å². The van der Waals surface area contributed by atoms with Crippen LogP contribution >= 0.6 is 0 Å². The van der Waals surface area contributed by atoms with E-state index in [0.717, 1.165) is 0 Å². The Morgan fingerprint density at radius 1 is 1.46 bits per heavy atom. The summed E-state index contributed by atoms with van der Waals surface area (Å²) in [6.45, 7) is 0. The van der Waals surface area contributed by atoms with E-state index >= 15 is 0 Å². The molecule has 0 aliphatic heterocycles. The third kappa shape index (κ3) is 1.23. The third-order valence-electron chi connectivity index (χ3n) is 2.46. The van der Waals surface area contributed by atoms with Crippen molar-refractivity contribution < 1.29 is 8.42 Å². The van der Waals surface area contributed by atoms with Crippen molar-refractivity contribution in [3.63, 3.8) is 0 Å². The van der Waals surface area contributed by atoms with Crippen LogP contribution in [0.15, 0.2) is 18.6 Å². The van der Waals surface area contributed by atoms with Gasteiger partial charge in [-0.1, -0.05) is 0 Å². The molecule has 0 aromatic carbocycles. The molecule has 0 unspecified atom stereocenters. The molecule has 0 amide bonds. The minimum absolute atomic E-state index is 0.630. The zero-order valence-electron chi connectivity index (χ0n) is 7.27. The Morgan fingerprint density at radius 2 is 2.15 bits per heavy atom. The predicted molar refractivity (Wildman–Crippen MR) is 47.8 cm³/mol. The fourth-order valence-corrected chi connectivity index (χ4v) is 2.83. The van der Waals surface area contributed by atoms with Crippen LogP contribution in [-0.2, 0) is 14.6 Å². The van der Waals surface area contributed by atoms with Gasteiger partial charge in [-0.2, -0.15) is 0 Å². The molecule has 1 aliphatic rings. The summed E-state index contributed by atoms with van der Waals surface area (Å²) in [5.74, 6) is 0. The van der Waals surface area contributed by atoms with Crippen LogP contribution in [0.1, 0.15) is 18.5 Å². The lowest BCUT2D eigenvalue weighted by Crippen LogP contribution is -2.20. The van der Waals surface area contributed by atoms with Gasteiger partial charge in [0.25, 0.3) is 0 Å². The number of hydrogen-bond acceptors (Lipinski definition) is 4. The monoisotopic (exact) mass is 198 g/mol. The van der Waals surface area contributed by atoms with E-state index in [0.29, 0.717) is 18.5 Å². The topological polar surface area (TPSA) is 59.9 Å². The van der Waals surface area contributed by atoms with E-state index in [1.54, 1.807) is 12.3 Å². The largest absolute Gasteiger partial charge is 0.245 e. The number of aromatic nitrogens is 2. The quantitative estimate of drug-likeness (QED) is 0.694. The highest BCUT2D eigenvalue weighted by Gasteiger charge is 2.54. The van der Waals surface area contributed by atoms with Crippen molar-refractivity contribution in [2.24, 2.45) is 0 Å². The lowest BCUT2D eigenvalue weighted by Gasteiger charge is -2.10. The fourth-order valence-electron chi connectivity index (χ4n) is 1.49. The maximum Gasteiger partial charge on any atom is 0.158 e. The van der Waals surface area contributed by atoms with Crippen LogP contribution in [0, 0.1) is 0 Å². The highest BCUT2D eigenvalue weighted by atomic mass is 32.2. The number of hydrogen-bond donors (Lipinski definition) is 0. The molecule has 0 spiro atoms. The third-order valence-corrected chi connectivity index (χ3v) is 4.50. The minimum Gasteiger partial charge on any atom is -0.245 e. The molecule has 0 bridgehead atoms. The SMILES string of the molecule is CS(=O)(=O)C1(c2ccncn2)CC1. The van der Waals surface area contributed by atoms with Crippen LogP contribution in [0.4, 0.5) is 0 Å². The van der Waals surface area contributed by atoms with Gasteiger partial charge in [0.1, 0.15) is 11.1 Å². The Kier molecular flexibility index (Phi) is 1.66. The molecule has 0 saturated heterocycles. The first-order chi connectivity index (χ1) is 6.06. The van der Waals surface area contributed by atoms with Crippen LogP contribution in [0.2, 0.25) is 0 Å². The Labute approximate surface area is 77.0 Å². The van der Waals surface area contributed by atoms with Gasteiger partial charge in [-0.15, -0.1) is 0 Å². The summed E-state index contributed by atoms with van der Waals surface area (Å²) in [6.07, 6.45) is 5.60. The summed E-state index contributed by atoms with van der Waals surface area (Å²) < 4.78 is 22.2.